The molecule has 0 radical (unpaired) electrons. The molecule has 12 nitrogen and oxygen atoms in total. The maximum Gasteiger partial charge on any atom is 0.413 e. The predicted octanol–water partition coefficient (Wildman–Crippen LogP) is 1.60. The average Bonchev–Trinajstić information content (AvgIpc) is 3.22. The Morgan fingerprint density at radius 3 is 2.53 bits per heavy atom. The normalized spacial score (nSPS) is 12.4. The van der Waals surface area contributed by atoms with E-state index in [0.29, 0.717) is 22.8 Å². The van der Waals surface area contributed by atoms with Gasteiger partial charge < -0.3 is 4.74 Å². The number of nitrogens with one attached hydrogen (secondary N) is 2. The summed E-state index contributed by atoms with van der Waals surface area (Å²) in [6, 6.07) is 4.91. The molecule has 0 spiro atoms. The van der Waals surface area contributed by atoms with Gasteiger partial charge in [-0.3, -0.25) is 14.7 Å². The van der Waals surface area contributed by atoms with E-state index in [0.717, 1.165) is 11.9 Å². The molecule has 3 rings (SSSR count). The van der Waals surface area contributed by atoms with Crippen LogP contribution in [0.5, 0.6) is 0 Å². The van der Waals surface area contributed by atoms with E-state index in [1.807, 2.05) is 0 Å². The molecular formula is C17H22N8O4S. The zero-order valence-electron chi connectivity index (χ0n) is 17.1. The third kappa shape index (κ3) is 4.74. The number of nitrogens with zero attached hydrogens (tertiary/aromatic N) is 6. The third-order valence-corrected chi connectivity index (χ3v) is 4.82. The predicted molar refractivity (Wildman–Crippen MR) is 109 cm³/mol. The zero-order valence-corrected chi connectivity index (χ0v) is 17.9. The monoisotopic (exact) mass is 434 g/mol. The van der Waals surface area contributed by atoms with Crippen LogP contribution in [0, 0.1) is 6.92 Å². The molecule has 0 saturated heterocycles. The summed E-state index contributed by atoms with van der Waals surface area (Å²) in [5.74, 6) is 0.285. The SMILES string of the molecule is Cc1nc(-c2nnn(C)c2NC(=O)O[C@H](C)c2ccnn2C)ccc1NS(C)(=O)=O. The van der Waals surface area contributed by atoms with Gasteiger partial charge in [-0.15, -0.1) is 5.10 Å². The van der Waals surface area contributed by atoms with Crippen molar-refractivity contribution >= 4 is 27.6 Å². The lowest BCUT2D eigenvalue weighted by molar-refractivity contribution is 0.116. The highest BCUT2D eigenvalue weighted by molar-refractivity contribution is 7.92. The van der Waals surface area contributed by atoms with Gasteiger partial charge in [0, 0.05) is 20.3 Å². The molecule has 0 fully saturated rings. The summed E-state index contributed by atoms with van der Waals surface area (Å²) in [7, 11) is -0.0616. The third-order valence-electron chi connectivity index (χ3n) is 4.23. The maximum atomic E-state index is 12.4. The molecule has 13 heteroatoms. The molecule has 1 amide bonds. The second kappa shape index (κ2) is 8.10. The Morgan fingerprint density at radius 1 is 1.20 bits per heavy atom. The van der Waals surface area contributed by atoms with Crippen LogP contribution in [0.25, 0.3) is 11.4 Å². The Morgan fingerprint density at radius 2 is 1.93 bits per heavy atom. The first-order valence-corrected chi connectivity index (χ1v) is 10.8. The highest BCUT2D eigenvalue weighted by Gasteiger charge is 2.21. The Hall–Kier alpha value is -3.48. The Labute approximate surface area is 173 Å². The summed E-state index contributed by atoms with van der Waals surface area (Å²) in [4.78, 5) is 16.8. The van der Waals surface area contributed by atoms with E-state index in [-0.39, 0.29) is 5.82 Å². The second-order valence-electron chi connectivity index (χ2n) is 6.67. The summed E-state index contributed by atoms with van der Waals surface area (Å²) < 4.78 is 33.7. The van der Waals surface area contributed by atoms with Crippen LogP contribution in [0.15, 0.2) is 24.4 Å². The number of aryl methyl sites for hydroxylation is 3. The van der Waals surface area contributed by atoms with Crippen molar-refractivity contribution in [3.63, 3.8) is 0 Å². The highest BCUT2D eigenvalue weighted by atomic mass is 32.2. The van der Waals surface area contributed by atoms with Gasteiger partial charge in [0.15, 0.2) is 11.5 Å². The number of anilines is 2. The number of sulfonamides is 1. The molecule has 1 atom stereocenters. The van der Waals surface area contributed by atoms with E-state index < -0.39 is 22.2 Å². The van der Waals surface area contributed by atoms with Gasteiger partial charge in [-0.05, 0) is 32.0 Å². The van der Waals surface area contributed by atoms with Crippen molar-refractivity contribution in [2.45, 2.75) is 20.0 Å². The minimum Gasteiger partial charge on any atom is -0.440 e. The van der Waals surface area contributed by atoms with Gasteiger partial charge in [0.1, 0.15) is 6.10 Å². The minimum atomic E-state index is -3.43. The number of hydrogen-bond donors (Lipinski definition) is 2. The molecule has 160 valence electrons. The van der Waals surface area contributed by atoms with Crippen LogP contribution >= 0.6 is 0 Å². The van der Waals surface area contributed by atoms with E-state index in [9.17, 15) is 13.2 Å². The van der Waals surface area contributed by atoms with Crippen LogP contribution in [0.3, 0.4) is 0 Å². The first kappa shape index (κ1) is 21.2. The number of ether oxygens (including phenoxy) is 1. The molecule has 30 heavy (non-hydrogen) atoms. The lowest BCUT2D eigenvalue weighted by Crippen LogP contribution is -2.19. The van der Waals surface area contributed by atoms with Crippen molar-refractivity contribution in [1.82, 2.24) is 29.8 Å². The average molecular weight is 434 g/mol. The fraction of sp³-hybridized carbons (Fsp3) is 0.353. The van der Waals surface area contributed by atoms with Gasteiger partial charge in [-0.25, -0.2) is 22.9 Å². The number of pyridine rings is 1. The minimum absolute atomic E-state index is 0.285. The van der Waals surface area contributed by atoms with Crippen molar-refractivity contribution < 1.29 is 17.9 Å². The highest BCUT2D eigenvalue weighted by Crippen LogP contribution is 2.27. The summed E-state index contributed by atoms with van der Waals surface area (Å²) in [5, 5.41) is 14.7. The number of aromatic nitrogens is 6. The van der Waals surface area contributed by atoms with Gasteiger partial charge in [-0.2, -0.15) is 5.10 Å². The van der Waals surface area contributed by atoms with E-state index in [2.05, 4.69) is 30.4 Å². The molecular weight excluding hydrogens is 412 g/mol. The van der Waals surface area contributed by atoms with Crippen LogP contribution in [0.1, 0.15) is 24.4 Å². The van der Waals surface area contributed by atoms with Crippen LogP contribution in [0.2, 0.25) is 0 Å². The van der Waals surface area contributed by atoms with Crippen LogP contribution < -0.4 is 10.0 Å². The molecule has 3 aromatic rings. The van der Waals surface area contributed by atoms with Gasteiger partial charge in [0.05, 0.1) is 29.0 Å². The smallest absolute Gasteiger partial charge is 0.413 e. The molecule has 0 aliphatic carbocycles. The first-order valence-electron chi connectivity index (χ1n) is 8.86. The number of hydrogen-bond acceptors (Lipinski definition) is 8. The van der Waals surface area contributed by atoms with Gasteiger partial charge in [0.2, 0.25) is 10.0 Å². The lowest BCUT2D eigenvalue weighted by Gasteiger charge is -2.14. The molecule has 3 heterocycles. The zero-order chi connectivity index (χ0) is 22.1. The van der Waals surface area contributed by atoms with Crippen LogP contribution in [0.4, 0.5) is 16.3 Å². The molecule has 0 saturated carbocycles. The molecule has 0 unspecified atom stereocenters. The largest absolute Gasteiger partial charge is 0.440 e. The Balaban J connectivity index is 1.80. The number of carbonyl (C=O) groups excluding carboxylic acids is 1. The number of rotatable bonds is 6. The maximum absolute atomic E-state index is 12.4. The molecule has 3 aromatic heterocycles. The number of carbonyl (C=O) groups is 1. The van der Waals surface area contributed by atoms with E-state index in [1.165, 1.54) is 4.68 Å². The van der Waals surface area contributed by atoms with Gasteiger partial charge >= 0.3 is 6.09 Å². The van der Waals surface area contributed by atoms with E-state index in [1.54, 1.807) is 57.0 Å². The molecule has 0 aliphatic rings. The van der Waals surface area contributed by atoms with Crippen molar-refractivity contribution in [1.29, 1.82) is 0 Å². The second-order valence-corrected chi connectivity index (χ2v) is 8.41. The van der Waals surface area contributed by atoms with Gasteiger partial charge in [0.25, 0.3) is 0 Å². The van der Waals surface area contributed by atoms with E-state index >= 15 is 0 Å². The first-order chi connectivity index (χ1) is 14.0. The van der Waals surface area contributed by atoms with Gasteiger partial charge in [-0.1, -0.05) is 5.21 Å². The van der Waals surface area contributed by atoms with Crippen LogP contribution in [-0.4, -0.2) is 50.5 Å². The topological polar surface area (TPSA) is 146 Å². The fourth-order valence-corrected chi connectivity index (χ4v) is 3.42. The van der Waals surface area contributed by atoms with Crippen molar-refractivity contribution in [3.05, 3.63) is 35.8 Å². The van der Waals surface area contributed by atoms with Crippen molar-refractivity contribution in [3.8, 4) is 11.4 Å². The standard InChI is InChI=1S/C17H22N8O4S/c1-10-12(22-30(5,27)28)6-7-13(19-10)15-16(25(4)23-21-15)20-17(26)29-11(2)14-8-9-18-24(14)3/h6-9,11,22H,1-5H3,(H,20,26)/t11-/m1/s1. The summed E-state index contributed by atoms with van der Waals surface area (Å²) >= 11 is 0. The Bertz CT molecular complexity index is 1180. The molecule has 0 aliphatic heterocycles. The summed E-state index contributed by atoms with van der Waals surface area (Å²) in [6.07, 6.45) is 1.46. The fourth-order valence-electron chi connectivity index (χ4n) is 2.80. The molecule has 0 aromatic carbocycles. The van der Waals surface area contributed by atoms with Crippen LogP contribution in [-0.2, 0) is 28.9 Å². The lowest BCUT2D eigenvalue weighted by atomic mass is 10.2. The quantitative estimate of drug-likeness (QED) is 0.595. The number of amides is 1. The van der Waals surface area contributed by atoms with Crippen molar-refractivity contribution in [2.24, 2.45) is 14.1 Å². The summed E-state index contributed by atoms with van der Waals surface area (Å²) in [5.41, 5.74) is 2.26. The summed E-state index contributed by atoms with van der Waals surface area (Å²) in [6.45, 7) is 3.39. The van der Waals surface area contributed by atoms with Crippen molar-refractivity contribution in [2.75, 3.05) is 16.3 Å². The Kier molecular flexibility index (Phi) is 5.73. The van der Waals surface area contributed by atoms with E-state index in [4.69, 9.17) is 4.74 Å². The molecule has 2 N–H and O–H groups in total. The molecule has 0 bridgehead atoms.